The van der Waals surface area contributed by atoms with Gasteiger partial charge in [0.2, 0.25) is 0 Å². The summed E-state index contributed by atoms with van der Waals surface area (Å²) in [6.07, 6.45) is 6.03. The van der Waals surface area contributed by atoms with Gasteiger partial charge in [-0.1, -0.05) is 37.3 Å². The minimum absolute atomic E-state index is 0.111. The van der Waals surface area contributed by atoms with E-state index in [2.05, 4.69) is 30.3 Å². The molecular formula is C23H27NO2. The third kappa shape index (κ3) is 3.48. The molecule has 0 saturated carbocycles. The van der Waals surface area contributed by atoms with Crippen molar-refractivity contribution in [3.63, 3.8) is 0 Å². The van der Waals surface area contributed by atoms with Crippen LogP contribution in [0, 0.1) is 0 Å². The van der Waals surface area contributed by atoms with Crippen molar-refractivity contribution in [1.29, 1.82) is 0 Å². The molecule has 0 bridgehead atoms. The second-order valence-corrected chi connectivity index (χ2v) is 7.43. The molecule has 0 aromatic heterocycles. The predicted octanol–water partition coefficient (Wildman–Crippen LogP) is 4.31. The van der Waals surface area contributed by atoms with E-state index in [4.69, 9.17) is 4.74 Å². The molecule has 26 heavy (non-hydrogen) atoms. The van der Waals surface area contributed by atoms with E-state index in [9.17, 15) is 4.79 Å². The topological polar surface area (TPSA) is 29.5 Å². The first kappa shape index (κ1) is 17.1. The average molecular weight is 349 g/mol. The molecule has 0 fully saturated rings. The largest absolute Gasteiger partial charge is 0.481 e. The second-order valence-electron chi connectivity index (χ2n) is 7.43. The number of aryl methyl sites for hydroxylation is 2. The Labute approximate surface area is 156 Å². The fourth-order valence-electron chi connectivity index (χ4n) is 4.14. The Kier molecular flexibility index (Phi) is 4.96. The zero-order valence-electron chi connectivity index (χ0n) is 15.5. The Hall–Kier alpha value is -2.29. The molecule has 1 aliphatic heterocycles. The average Bonchev–Trinajstić information content (AvgIpc) is 2.71. The summed E-state index contributed by atoms with van der Waals surface area (Å²) >= 11 is 0. The lowest BCUT2D eigenvalue weighted by atomic mass is 9.92. The number of rotatable bonds is 4. The number of benzene rings is 2. The normalized spacial score (nSPS) is 17.2. The molecule has 2 aromatic carbocycles. The van der Waals surface area contributed by atoms with Crippen molar-refractivity contribution in [3.05, 3.63) is 64.7 Å². The second kappa shape index (κ2) is 7.53. The summed E-state index contributed by atoms with van der Waals surface area (Å²) in [5.41, 5.74) is 5.45. The molecule has 1 amide bonds. The number of ether oxygens (including phenoxy) is 1. The van der Waals surface area contributed by atoms with Crippen LogP contribution in [0.5, 0.6) is 5.75 Å². The summed E-state index contributed by atoms with van der Waals surface area (Å²) in [5, 5.41) is 0. The Bertz CT molecular complexity index is 799. The maximum absolute atomic E-state index is 13.0. The van der Waals surface area contributed by atoms with Gasteiger partial charge >= 0.3 is 0 Å². The number of hydrogen-bond donors (Lipinski definition) is 0. The van der Waals surface area contributed by atoms with Crippen molar-refractivity contribution in [2.45, 2.75) is 58.1 Å². The van der Waals surface area contributed by atoms with E-state index in [0.717, 1.165) is 25.1 Å². The van der Waals surface area contributed by atoms with E-state index in [1.165, 1.54) is 41.5 Å². The van der Waals surface area contributed by atoms with E-state index < -0.39 is 6.10 Å². The van der Waals surface area contributed by atoms with Gasteiger partial charge in [0, 0.05) is 13.1 Å². The molecule has 0 saturated heterocycles. The van der Waals surface area contributed by atoms with Crippen LogP contribution < -0.4 is 4.74 Å². The van der Waals surface area contributed by atoms with Gasteiger partial charge in [-0.3, -0.25) is 4.79 Å². The van der Waals surface area contributed by atoms with Gasteiger partial charge in [-0.15, -0.1) is 0 Å². The molecule has 4 rings (SSSR count). The number of fused-ring (bicyclic) bond motifs is 2. The van der Waals surface area contributed by atoms with Gasteiger partial charge in [-0.05, 0) is 72.9 Å². The summed E-state index contributed by atoms with van der Waals surface area (Å²) in [4.78, 5) is 15.0. The van der Waals surface area contributed by atoms with Gasteiger partial charge in [0.15, 0.2) is 6.10 Å². The maximum atomic E-state index is 13.0. The highest BCUT2D eigenvalue weighted by molar-refractivity contribution is 5.81. The lowest BCUT2D eigenvalue weighted by molar-refractivity contribution is -0.139. The van der Waals surface area contributed by atoms with Crippen LogP contribution in [0.4, 0.5) is 0 Å². The molecule has 1 heterocycles. The Morgan fingerprint density at radius 3 is 2.54 bits per heavy atom. The molecule has 136 valence electrons. The number of hydrogen-bond acceptors (Lipinski definition) is 2. The van der Waals surface area contributed by atoms with Crippen molar-refractivity contribution in [3.8, 4) is 5.75 Å². The van der Waals surface area contributed by atoms with E-state index >= 15 is 0 Å². The highest BCUT2D eigenvalue weighted by atomic mass is 16.5. The first-order chi connectivity index (χ1) is 12.7. The molecule has 0 N–H and O–H groups in total. The molecular weight excluding hydrogens is 322 g/mol. The van der Waals surface area contributed by atoms with Gasteiger partial charge < -0.3 is 9.64 Å². The third-order valence-corrected chi connectivity index (χ3v) is 5.69. The zero-order chi connectivity index (χ0) is 17.9. The van der Waals surface area contributed by atoms with Gasteiger partial charge in [0.1, 0.15) is 5.75 Å². The SMILES string of the molecule is CC[C@@H](Oc1ccc2c(c1)CCCC2)C(=O)N1CCc2ccccc2C1. The molecule has 1 atom stereocenters. The van der Waals surface area contributed by atoms with Crippen LogP contribution in [-0.2, 0) is 30.6 Å². The van der Waals surface area contributed by atoms with E-state index in [0.29, 0.717) is 13.0 Å². The number of nitrogens with zero attached hydrogens (tertiary/aromatic N) is 1. The number of carbonyl (C=O) groups is 1. The minimum Gasteiger partial charge on any atom is -0.481 e. The van der Waals surface area contributed by atoms with Crippen LogP contribution in [-0.4, -0.2) is 23.5 Å². The monoisotopic (exact) mass is 349 g/mol. The van der Waals surface area contributed by atoms with Crippen LogP contribution in [0.3, 0.4) is 0 Å². The molecule has 3 nitrogen and oxygen atoms in total. The van der Waals surface area contributed by atoms with Crippen LogP contribution in [0.1, 0.15) is 48.4 Å². The molecule has 2 aromatic rings. The Morgan fingerprint density at radius 2 is 1.73 bits per heavy atom. The zero-order valence-corrected chi connectivity index (χ0v) is 15.5. The van der Waals surface area contributed by atoms with Gasteiger partial charge in [0.05, 0.1) is 0 Å². The number of amides is 1. The van der Waals surface area contributed by atoms with Crippen molar-refractivity contribution < 1.29 is 9.53 Å². The first-order valence-corrected chi connectivity index (χ1v) is 9.88. The van der Waals surface area contributed by atoms with Crippen LogP contribution in [0.15, 0.2) is 42.5 Å². The van der Waals surface area contributed by atoms with E-state index in [1.54, 1.807) is 0 Å². The van der Waals surface area contributed by atoms with Gasteiger partial charge in [0.25, 0.3) is 5.91 Å². The summed E-state index contributed by atoms with van der Waals surface area (Å²) in [5.74, 6) is 0.947. The molecule has 1 aliphatic carbocycles. The third-order valence-electron chi connectivity index (χ3n) is 5.69. The fraction of sp³-hybridized carbons (Fsp3) is 0.435. The lowest BCUT2D eigenvalue weighted by Crippen LogP contribution is -2.44. The van der Waals surface area contributed by atoms with Crippen molar-refractivity contribution in [2.75, 3.05) is 6.54 Å². The van der Waals surface area contributed by atoms with Crippen LogP contribution >= 0.6 is 0 Å². The van der Waals surface area contributed by atoms with Crippen LogP contribution in [0.25, 0.3) is 0 Å². The van der Waals surface area contributed by atoms with Crippen molar-refractivity contribution in [2.24, 2.45) is 0 Å². The predicted molar refractivity (Wildman–Crippen MR) is 103 cm³/mol. The van der Waals surface area contributed by atoms with Crippen molar-refractivity contribution >= 4 is 5.91 Å². The molecule has 0 unspecified atom stereocenters. The van der Waals surface area contributed by atoms with E-state index in [-0.39, 0.29) is 5.91 Å². The lowest BCUT2D eigenvalue weighted by Gasteiger charge is -2.31. The maximum Gasteiger partial charge on any atom is 0.263 e. The quantitative estimate of drug-likeness (QED) is 0.823. The fourth-order valence-corrected chi connectivity index (χ4v) is 4.14. The molecule has 3 heteroatoms. The molecule has 2 aliphatic rings. The highest BCUT2D eigenvalue weighted by Gasteiger charge is 2.27. The molecule has 0 spiro atoms. The van der Waals surface area contributed by atoms with Gasteiger partial charge in [-0.25, -0.2) is 0 Å². The smallest absolute Gasteiger partial charge is 0.263 e. The summed E-state index contributed by atoms with van der Waals surface area (Å²) < 4.78 is 6.14. The van der Waals surface area contributed by atoms with Gasteiger partial charge in [-0.2, -0.15) is 0 Å². The van der Waals surface area contributed by atoms with Crippen LogP contribution in [0.2, 0.25) is 0 Å². The minimum atomic E-state index is -0.401. The van der Waals surface area contributed by atoms with E-state index in [1.807, 2.05) is 24.0 Å². The highest BCUT2D eigenvalue weighted by Crippen LogP contribution is 2.27. The summed E-state index contributed by atoms with van der Waals surface area (Å²) in [6, 6.07) is 14.8. The van der Waals surface area contributed by atoms with Crippen molar-refractivity contribution in [1.82, 2.24) is 4.90 Å². The number of carbonyl (C=O) groups excluding carboxylic acids is 1. The first-order valence-electron chi connectivity index (χ1n) is 9.88. The summed E-state index contributed by atoms with van der Waals surface area (Å²) in [7, 11) is 0. The summed E-state index contributed by atoms with van der Waals surface area (Å²) in [6.45, 7) is 3.50. The Morgan fingerprint density at radius 1 is 1.00 bits per heavy atom. The Balaban J connectivity index is 1.46. The molecule has 0 radical (unpaired) electrons. The standard InChI is InChI=1S/C23H27NO2/c1-2-22(26-21-12-11-17-7-3-5-9-19(17)15-21)23(25)24-14-13-18-8-4-6-10-20(18)16-24/h4,6,8,10-12,15,22H,2-3,5,7,9,13-14,16H2,1H3/t22-/m1/s1.